The average molecular weight is 330 g/mol. The smallest absolute Gasteiger partial charge is 0.226 e. The molecule has 5 nitrogen and oxygen atoms in total. The molecule has 0 saturated carbocycles. The van der Waals surface area contributed by atoms with Crippen LogP contribution >= 0.6 is 0 Å². The molecule has 2 saturated heterocycles. The van der Waals surface area contributed by atoms with Crippen molar-refractivity contribution < 1.29 is 4.79 Å². The van der Waals surface area contributed by atoms with Crippen molar-refractivity contribution in [1.82, 2.24) is 15.5 Å². The Morgan fingerprint density at radius 2 is 1.83 bits per heavy atom. The van der Waals surface area contributed by atoms with Gasteiger partial charge in [0.1, 0.15) is 6.29 Å². The van der Waals surface area contributed by atoms with Crippen LogP contribution in [-0.4, -0.2) is 49.3 Å². The van der Waals surface area contributed by atoms with Crippen molar-refractivity contribution in [2.24, 2.45) is 5.92 Å². The van der Waals surface area contributed by atoms with Gasteiger partial charge in [0, 0.05) is 37.9 Å². The summed E-state index contributed by atoms with van der Waals surface area (Å²) in [7, 11) is 0. The number of carbonyl (C=O) groups is 1. The lowest BCUT2D eigenvalue weighted by Crippen LogP contribution is -2.68. The van der Waals surface area contributed by atoms with Gasteiger partial charge in [0.25, 0.3) is 0 Å². The summed E-state index contributed by atoms with van der Waals surface area (Å²) in [6.07, 6.45) is 3.21. The maximum Gasteiger partial charge on any atom is 0.226 e. The van der Waals surface area contributed by atoms with E-state index in [0.717, 1.165) is 45.4 Å². The highest BCUT2D eigenvalue weighted by molar-refractivity contribution is 5.80. The zero-order valence-corrected chi connectivity index (χ0v) is 14.9. The first-order valence-electron chi connectivity index (χ1n) is 9.29. The number of nitrogens with one attached hydrogen (secondary N) is 2. The SMILES string of the molecule is CCCCC1C(=O)NC(N2CCN(c3ccccc3)CC2)NC1C. The largest absolute Gasteiger partial charge is 0.369 e. The number of benzene rings is 1. The molecule has 0 aliphatic carbocycles. The number of hydrogen-bond donors (Lipinski definition) is 2. The van der Waals surface area contributed by atoms with E-state index in [9.17, 15) is 4.79 Å². The van der Waals surface area contributed by atoms with E-state index >= 15 is 0 Å². The van der Waals surface area contributed by atoms with Gasteiger partial charge in [-0.05, 0) is 25.5 Å². The lowest BCUT2D eigenvalue weighted by Gasteiger charge is -2.45. The molecule has 2 aliphatic rings. The molecule has 3 unspecified atom stereocenters. The Morgan fingerprint density at radius 1 is 1.12 bits per heavy atom. The van der Waals surface area contributed by atoms with E-state index in [0.29, 0.717) is 0 Å². The summed E-state index contributed by atoms with van der Waals surface area (Å²) in [5.41, 5.74) is 1.28. The summed E-state index contributed by atoms with van der Waals surface area (Å²) >= 11 is 0. The van der Waals surface area contributed by atoms with E-state index in [1.165, 1.54) is 5.69 Å². The van der Waals surface area contributed by atoms with Gasteiger partial charge in [-0.2, -0.15) is 0 Å². The Labute approximate surface area is 145 Å². The third-order valence-electron chi connectivity index (χ3n) is 5.31. The Morgan fingerprint density at radius 3 is 2.46 bits per heavy atom. The number of nitrogens with zero attached hydrogens (tertiary/aromatic N) is 2. The first-order valence-corrected chi connectivity index (χ1v) is 9.29. The van der Waals surface area contributed by atoms with Gasteiger partial charge in [0.15, 0.2) is 0 Å². The minimum atomic E-state index is -0.0247. The second-order valence-electron chi connectivity index (χ2n) is 6.97. The minimum absolute atomic E-state index is 0.0247. The molecule has 0 bridgehead atoms. The summed E-state index contributed by atoms with van der Waals surface area (Å²) in [4.78, 5) is 17.2. The Bertz CT molecular complexity index is 527. The maximum atomic E-state index is 12.5. The average Bonchev–Trinajstić information content (AvgIpc) is 2.62. The van der Waals surface area contributed by atoms with E-state index in [1.54, 1.807) is 0 Å². The van der Waals surface area contributed by atoms with Crippen LogP contribution in [0.4, 0.5) is 5.69 Å². The van der Waals surface area contributed by atoms with Crippen LogP contribution < -0.4 is 15.5 Å². The molecule has 2 N–H and O–H groups in total. The number of para-hydroxylation sites is 1. The number of amides is 1. The Kier molecular flexibility index (Phi) is 5.74. The standard InChI is InChI=1S/C19H30N4O/c1-3-4-10-17-15(2)20-19(21-18(17)24)23-13-11-22(12-14-23)16-8-6-5-7-9-16/h5-9,15,17,19-20H,3-4,10-14H2,1-2H3,(H,21,24). The highest BCUT2D eigenvalue weighted by Crippen LogP contribution is 2.20. The molecule has 1 aromatic rings. The molecule has 2 fully saturated rings. The first kappa shape index (κ1) is 17.2. The van der Waals surface area contributed by atoms with Gasteiger partial charge in [-0.25, -0.2) is 0 Å². The van der Waals surface area contributed by atoms with Crippen LogP contribution in [0, 0.1) is 5.92 Å². The second-order valence-corrected chi connectivity index (χ2v) is 6.97. The van der Waals surface area contributed by atoms with Crippen molar-refractivity contribution in [3.8, 4) is 0 Å². The predicted octanol–water partition coefficient (Wildman–Crippen LogP) is 2.01. The molecule has 24 heavy (non-hydrogen) atoms. The minimum Gasteiger partial charge on any atom is -0.369 e. The number of anilines is 1. The molecule has 3 atom stereocenters. The first-order chi connectivity index (χ1) is 11.7. The maximum absolute atomic E-state index is 12.5. The third kappa shape index (κ3) is 3.90. The van der Waals surface area contributed by atoms with E-state index in [-0.39, 0.29) is 24.2 Å². The Hall–Kier alpha value is -1.59. The van der Waals surface area contributed by atoms with Crippen LogP contribution in [0.15, 0.2) is 30.3 Å². The highest BCUT2D eigenvalue weighted by Gasteiger charge is 2.36. The Balaban J connectivity index is 1.53. The van der Waals surface area contributed by atoms with Gasteiger partial charge in [0.05, 0.1) is 5.92 Å². The molecule has 5 heteroatoms. The predicted molar refractivity (Wildman–Crippen MR) is 97.8 cm³/mol. The number of unbranched alkanes of at least 4 members (excludes halogenated alkanes) is 1. The van der Waals surface area contributed by atoms with E-state index in [1.807, 2.05) is 0 Å². The molecule has 0 aromatic heterocycles. The van der Waals surface area contributed by atoms with Crippen LogP contribution in [0.5, 0.6) is 0 Å². The van der Waals surface area contributed by atoms with E-state index < -0.39 is 0 Å². The summed E-state index contributed by atoms with van der Waals surface area (Å²) < 4.78 is 0. The molecular weight excluding hydrogens is 300 g/mol. The zero-order chi connectivity index (χ0) is 16.9. The number of rotatable bonds is 5. The molecule has 132 valence electrons. The monoisotopic (exact) mass is 330 g/mol. The fourth-order valence-electron chi connectivity index (χ4n) is 3.75. The number of piperazine rings is 1. The van der Waals surface area contributed by atoms with Crippen molar-refractivity contribution in [2.45, 2.75) is 45.4 Å². The van der Waals surface area contributed by atoms with Gasteiger partial charge in [-0.15, -0.1) is 0 Å². The van der Waals surface area contributed by atoms with Crippen LogP contribution in [0.2, 0.25) is 0 Å². The summed E-state index contributed by atoms with van der Waals surface area (Å²) in [6, 6.07) is 10.8. The second kappa shape index (κ2) is 7.99. The number of hydrogen-bond acceptors (Lipinski definition) is 4. The van der Waals surface area contributed by atoms with Gasteiger partial charge >= 0.3 is 0 Å². The van der Waals surface area contributed by atoms with Crippen LogP contribution in [0.1, 0.15) is 33.1 Å². The lowest BCUT2D eigenvalue weighted by atomic mass is 9.92. The molecule has 2 aliphatic heterocycles. The normalized spacial score (nSPS) is 28.7. The topological polar surface area (TPSA) is 47.6 Å². The fourth-order valence-corrected chi connectivity index (χ4v) is 3.75. The molecule has 3 rings (SSSR count). The summed E-state index contributed by atoms with van der Waals surface area (Å²) in [5, 5.41) is 6.79. The van der Waals surface area contributed by atoms with Gasteiger partial charge < -0.3 is 10.2 Å². The van der Waals surface area contributed by atoms with Crippen molar-refractivity contribution in [2.75, 3.05) is 31.1 Å². The van der Waals surface area contributed by atoms with Gasteiger partial charge in [-0.3, -0.25) is 15.0 Å². The number of carbonyl (C=O) groups excluding carboxylic acids is 1. The fraction of sp³-hybridized carbons (Fsp3) is 0.632. The third-order valence-corrected chi connectivity index (χ3v) is 5.31. The summed E-state index contributed by atoms with van der Waals surface area (Å²) in [6.45, 7) is 8.22. The van der Waals surface area contributed by atoms with E-state index in [4.69, 9.17) is 0 Å². The van der Waals surface area contributed by atoms with Crippen molar-refractivity contribution >= 4 is 11.6 Å². The van der Waals surface area contributed by atoms with Gasteiger partial charge in [-0.1, -0.05) is 38.0 Å². The molecular formula is C19H30N4O. The summed E-state index contributed by atoms with van der Waals surface area (Å²) in [5.74, 6) is 0.317. The highest BCUT2D eigenvalue weighted by atomic mass is 16.2. The van der Waals surface area contributed by atoms with Crippen LogP contribution in [0.3, 0.4) is 0 Å². The van der Waals surface area contributed by atoms with Crippen LogP contribution in [0.25, 0.3) is 0 Å². The zero-order valence-electron chi connectivity index (χ0n) is 14.9. The molecule has 1 aromatic carbocycles. The quantitative estimate of drug-likeness (QED) is 0.867. The van der Waals surface area contributed by atoms with Gasteiger partial charge in [0.2, 0.25) is 5.91 Å². The van der Waals surface area contributed by atoms with Crippen molar-refractivity contribution in [3.63, 3.8) is 0 Å². The molecule has 0 spiro atoms. The molecule has 1 amide bonds. The molecule has 2 heterocycles. The van der Waals surface area contributed by atoms with E-state index in [2.05, 4.69) is 64.6 Å². The van der Waals surface area contributed by atoms with Crippen molar-refractivity contribution in [3.05, 3.63) is 30.3 Å². The van der Waals surface area contributed by atoms with Crippen molar-refractivity contribution in [1.29, 1.82) is 0 Å². The van der Waals surface area contributed by atoms with Crippen LogP contribution in [-0.2, 0) is 4.79 Å². The lowest BCUT2D eigenvalue weighted by molar-refractivity contribution is -0.132. The molecule has 0 radical (unpaired) electrons.